The Hall–Kier alpha value is -1.09. The molecule has 0 saturated heterocycles. The molecule has 0 heterocycles. The first-order valence-corrected chi connectivity index (χ1v) is 6.69. The van der Waals surface area contributed by atoms with E-state index in [0.29, 0.717) is 12.2 Å². The number of rotatable bonds is 11. The lowest BCUT2D eigenvalue weighted by molar-refractivity contribution is -0.144. The molecule has 0 aromatic carbocycles. The van der Waals surface area contributed by atoms with E-state index in [1.165, 1.54) is 19.3 Å². The number of hydrogen-bond donors (Lipinski definition) is 0. The van der Waals surface area contributed by atoms with Gasteiger partial charge in [-0.2, -0.15) is 0 Å². The number of carbonyl (C=O) groups excluding carboxylic acids is 1. The van der Waals surface area contributed by atoms with Gasteiger partial charge in [0.25, 0.3) is 0 Å². The zero-order valence-corrected chi connectivity index (χ0v) is 11.7. The predicted octanol–water partition coefficient (Wildman–Crippen LogP) is 3.65. The Morgan fingerprint density at radius 1 is 1.33 bits per heavy atom. The fourth-order valence-corrected chi connectivity index (χ4v) is 1.51. The molecule has 0 amide bonds. The first-order valence-electron chi connectivity index (χ1n) is 6.69. The minimum absolute atomic E-state index is 0.0505. The van der Waals surface area contributed by atoms with Crippen LogP contribution in [0.3, 0.4) is 0 Å². The maximum Gasteiger partial charge on any atom is 0.336 e. The van der Waals surface area contributed by atoms with E-state index in [4.69, 9.17) is 9.47 Å². The monoisotopic (exact) mass is 254 g/mol. The number of esters is 1. The van der Waals surface area contributed by atoms with Crippen molar-refractivity contribution in [3.8, 4) is 0 Å². The van der Waals surface area contributed by atoms with Crippen LogP contribution in [0.25, 0.3) is 0 Å². The average Bonchev–Trinajstić information content (AvgIpc) is 2.34. The van der Waals surface area contributed by atoms with Crippen LogP contribution < -0.4 is 0 Å². The van der Waals surface area contributed by atoms with Crippen molar-refractivity contribution in [2.75, 3.05) is 13.2 Å². The molecule has 1 atom stereocenters. The molecule has 3 nitrogen and oxygen atoms in total. The summed E-state index contributed by atoms with van der Waals surface area (Å²) in [6.45, 7) is 11.9. The van der Waals surface area contributed by atoms with E-state index >= 15 is 0 Å². The minimum Gasteiger partial charge on any atom is -0.459 e. The molecule has 0 bridgehead atoms. The third-order valence-electron chi connectivity index (χ3n) is 2.57. The molecule has 18 heavy (non-hydrogen) atoms. The summed E-state index contributed by atoms with van der Waals surface area (Å²) >= 11 is 0. The van der Waals surface area contributed by atoms with Crippen molar-refractivity contribution in [1.29, 1.82) is 0 Å². The van der Waals surface area contributed by atoms with Gasteiger partial charge in [0.1, 0.15) is 0 Å². The van der Waals surface area contributed by atoms with E-state index in [2.05, 4.69) is 20.1 Å². The zero-order valence-electron chi connectivity index (χ0n) is 11.7. The molecule has 0 fully saturated rings. The van der Waals surface area contributed by atoms with Gasteiger partial charge < -0.3 is 9.47 Å². The molecule has 0 aromatic rings. The first kappa shape index (κ1) is 16.9. The van der Waals surface area contributed by atoms with E-state index in [1.807, 2.05) is 6.92 Å². The van der Waals surface area contributed by atoms with Crippen LogP contribution >= 0.6 is 0 Å². The molecule has 104 valence electrons. The highest BCUT2D eigenvalue weighted by molar-refractivity contribution is 5.88. The quantitative estimate of drug-likeness (QED) is 0.244. The zero-order chi connectivity index (χ0) is 13.8. The third kappa shape index (κ3) is 8.99. The molecule has 0 rings (SSSR count). The average molecular weight is 254 g/mol. The molecule has 0 aliphatic heterocycles. The SMILES string of the molecule is C=CCOCC(=C)C(=O)OC(C)CCCCCC. The van der Waals surface area contributed by atoms with Crippen molar-refractivity contribution in [2.24, 2.45) is 0 Å². The summed E-state index contributed by atoms with van der Waals surface area (Å²) in [5.74, 6) is -0.359. The lowest BCUT2D eigenvalue weighted by Gasteiger charge is -2.14. The van der Waals surface area contributed by atoms with Crippen LogP contribution in [-0.2, 0) is 14.3 Å². The second-order valence-electron chi connectivity index (χ2n) is 4.47. The van der Waals surface area contributed by atoms with E-state index in [1.54, 1.807) is 6.08 Å². The van der Waals surface area contributed by atoms with E-state index in [9.17, 15) is 4.79 Å². The van der Waals surface area contributed by atoms with Crippen molar-refractivity contribution in [1.82, 2.24) is 0 Å². The smallest absolute Gasteiger partial charge is 0.336 e. The van der Waals surface area contributed by atoms with E-state index in [0.717, 1.165) is 12.8 Å². The van der Waals surface area contributed by atoms with Gasteiger partial charge in [0.2, 0.25) is 0 Å². The van der Waals surface area contributed by atoms with Crippen molar-refractivity contribution in [2.45, 2.75) is 52.1 Å². The summed E-state index contributed by atoms with van der Waals surface area (Å²) < 4.78 is 10.4. The third-order valence-corrected chi connectivity index (χ3v) is 2.57. The van der Waals surface area contributed by atoms with Gasteiger partial charge in [0, 0.05) is 0 Å². The highest BCUT2D eigenvalue weighted by Gasteiger charge is 2.12. The molecule has 0 aliphatic carbocycles. The van der Waals surface area contributed by atoms with Gasteiger partial charge >= 0.3 is 5.97 Å². The molecule has 0 radical (unpaired) electrons. The summed E-state index contributed by atoms with van der Waals surface area (Å²) in [7, 11) is 0. The van der Waals surface area contributed by atoms with Gasteiger partial charge in [-0.1, -0.05) is 38.8 Å². The second kappa shape index (κ2) is 11.0. The molecular formula is C15H26O3. The maximum atomic E-state index is 11.6. The van der Waals surface area contributed by atoms with Gasteiger partial charge in [-0.15, -0.1) is 6.58 Å². The van der Waals surface area contributed by atoms with Crippen molar-refractivity contribution < 1.29 is 14.3 Å². The molecular weight excluding hydrogens is 228 g/mol. The van der Waals surface area contributed by atoms with Gasteiger partial charge in [-0.3, -0.25) is 0 Å². The Morgan fingerprint density at radius 2 is 2.06 bits per heavy atom. The topological polar surface area (TPSA) is 35.5 Å². The molecule has 0 aliphatic rings. The van der Waals surface area contributed by atoms with Crippen molar-refractivity contribution >= 4 is 5.97 Å². The summed E-state index contributed by atoms with van der Waals surface area (Å²) in [4.78, 5) is 11.6. The number of ether oxygens (including phenoxy) is 2. The number of unbranched alkanes of at least 4 members (excludes halogenated alkanes) is 3. The van der Waals surface area contributed by atoms with Crippen LogP contribution in [0.15, 0.2) is 24.8 Å². The highest BCUT2D eigenvalue weighted by Crippen LogP contribution is 2.09. The molecule has 1 unspecified atom stereocenters. The second-order valence-corrected chi connectivity index (χ2v) is 4.47. The van der Waals surface area contributed by atoms with Crippen LogP contribution in [0.1, 0.15) is 46.0 Å². The Balaban J connectivity index is 3.71. The largest absolute Gasteiger partial charge is 0.459 e. The molecule has 0 saturated carbocycles. The normalized spacial score (nSPS) is 11.9. The van der Waals surface area contributed by atoms with Crippen LogP contribution in [0, 0.1) is 0 Å². The van der Waals surface area contributed by atoms with Crippen molar-refractivity contribution in [3.05, 3.63) is 24.8 Å². The fraction of sp³-hybridized carbons (Fsp3) is 0.667. The van der Waals surface area contributed by atoms with E-state index < -0.39 is 0 Å². The number of carbonyl (C=O) groups is 1. The molecule has 0 spiro atoms. The lowest BCUT2D eigenvalue weighted by Crippen LogP contribution is -2.18. The summed E-state index contributed by atoms with van der Waals surface area (Å²) in [5.41, 5.74) is 0.359. The fourth-order valence-electron chi connectivity index (χ4n) is 1.51. The van der Waals surface area contributed by atoms with Crippen molar-refractivity contribution in [3.63, 3.8) is 0 Å². The molecule has 3 heteroatoms. The van der Waals surface area contributed by atoms with Crippen LogP contribution in [0.4, 0.5) is 0 Å². The van der Waals surface area contributed by atoms with E-state index in [-0.39, 0.29) is 18.7 Å². The van der Waals surface area contributed by atoms with Crippen LogP contribution in [0.2, 0.25) is 0 Å². The summed E-state index contributed by atoms with van der Waals surface area (Å²) in [6, 6.07) is 0. The highest BCUT2D eigenvalue weighted by atomic mass is 16.5. The number of hydrogen-bond acceptors (Lipinski definition) is 3. The summed E-state index contributed by atoms with van der Waals surface area (Å²) in [6.07, 6.45) is 7.24. The van der Waals surface area contributed by atoms with Gasteiger partial charge in [0.15, 0.2) is 0 Å². The van der Waals surface area contributed by atoms with Gasteiger partial charge in [-0.05, 0) is 19.8 Å². The molecule has 0 N–H and O–H groups in total. The summed E-state index contributed by atoms with van der Waals surface area (Å²) in [5, 5.41) is 0. The Bertz CT molecular complexity index is 258. The maximum absolute atomic E-state index is 11.6. The van der Waals surface area contributed by atoms with Gasteiger partial charge in [-0.25, -0.2) is 4.79 Å². The van der Waals surface area contributed by atoms with Crippen LogP contribution in [-0.4, -0.2) is 25.3 Å². The first-order chi connectivity index (χ1) is 8.61. The predicted molar refractivity (Wildman–Crippen MR) is 74.5 cm³/mol. The lowest BCUT2D eigenvalue weighted by atomic mass is 10.1. The Labute approximate surface area is 111 Å². The Morgan fingerprint density at radius 3 is 2.67 bits per heavy atom. The Kier molecular flexibility index (Phi) is 10.4. The molecule has 0 aromatic heterocycles. The standard InChI is InChI=1S/C15H26O3/c1-5-7-8-9-10-14(4)18-15(16)13(3)12-17-11-6-2/h6,14H,2-3,5,7-12H2,1,4H3. The van der Waals surface area contributed by atoms with Gasteiger partial charge in [0.05, 0.1) is 24.9 Å². The minimum atomic E-state index is -0.359. The van der Waals surface area contributed by atoms with Crippen LogP contribution in [0.5, 0.6) is 0 Å².